The molecular weight excluding hydrogens is 474 g/mol. The number of amides is 1. The number of carboxylic acids is 1. The molecular formula is C24H29N3O5S2. The molecule has 10 heteroatoms. The quantitative estimate of drug-likeness (QED) is 0.253. The molecule has 1 unspecified atom stereocenters. The number of nitrogens with one attached hydrogen (secondary N) is 1. The third-order valence-electron chi connectivity index (χ3n) is 4.92. The van der Waals surface area contributed by atoms with Crippen molar-refractivity contribution in [2.45, 2.75) is 61.8 Å². The molecule has 0 saturated carbocycles. The van der Waals surface area contributed by atoms with Crippen LogP contribution in [0, 0.1) is 0 Å². The Morgan fingerprint density at radius 2 is 1.94 bits per heavy atom. The Bertz CT molecular complexity index is 1100. The van der Waals surface area contributed by atoms with E-state index in [4.69, 9.17) is 14.3 Å². The first-order valence-electron chi connectivity index (χ1n) is 10.9. The molecule has 1 aromatic carbocycles. The average Bonchev–Trinajstić information content (AvgIpc) is 3.44. The monoisotopic (exact) mass is 503 g/mol. The lowest BCUT2D eigenvalue weighted by atomic mass is 9.94. The van der Waals surface area contributed by atoms with Crippen LogP contribution in [0.4, 0.5) is 5.13 Å². The summed E-state index contributed by atoms with van der Waals surface area (Å²) in [6, 6.07) is 7.24. The van der Waals surface area contributed by atoms with Crippen LogP contribution in [0.1, 0.15) is 63.7 Å². The van der Waals surface area contributed by atoms with Crippen molar-refractivity contribution in [2.75, 3.05) is 11.9 Å². The van der Waals surface area contributed by atoms with E-state index in [2.05, 4.69) is 36.1 Å². The van der Waals surface area contributed by atoms with Crippen molar-refractivity contribution in [3.05, 3.63) is 53.9 Å². The maximum absolute atomic E-state index is 12.7. The molecule has 3 rings (SSSR count). The lowest BCUT2D eigenvalue weighted by Gasteiger charge is -2.13. The Morgan fingerprint density at radius 1 is 1.21 bits per heavy atom. The number of thioether (sulfide) groups is 1. The van der Waals surface area contributed by atoms with Crippen LogP contribution in [0.2, 0.25) is 0 Å². The molecule has 34 heavy (non-hydrogen) atoms. The highest BCUT2D eigenvalue weighted by molar-refractivity contribution is 8.00. The van der Waals surface area contributed by atoms with Gasteiger partial charge >= 0.3 is 5.97 Å². The van der Waals surface area contributed by atoms with Crippen LogP contribution in [0.15, 0.2) is 45.3 Å². The Balaban J connectivity index is 1.48. The second kappa shape index (κ2) is 11.5. The van der Waals surface area contributed by atoms with E-state index in [1.54, 1.807) is 36.3 Å². The largest absolute Gasteiger partial charge is 0.494 e. The minimum Gasteiger partial charge on any atom is -0.494 e. The van der Waals surface area contributed by atoms with Gasteiger partial charge in [-0.15, -0.1) is 11.8 Å². The molecule has 0 aliphatic heterocycles. The zero-order valence-electron chi connectivity index (χ0n) is 19.7. The fourth-order valence-corrected chi connectivity index (χ4v) is 4.60. The van der Waals surface area contributed by atoms with Gasteiger partial charge in [0.2, 0.25) is 11.8 Å². The van der Waals surface area contributed by atoms with Gasteiger partial charge in [0.1, 0.15) is 11.5 Å². The molecule has 0 aliphatic carbocycles. The second-order valence-corrected chi connectivity index (χ2v) is 11.1. The van der Waals surface area contributed by atoms with Gasteiger partial charge in [0, 0.05) is 11.8 Å². The number of rotatable bonds is 11. The summed E-state index contributed by atoms with van der Waals surface area (Å²) in [7, 11) is 0. The van der Waals surface area contributed by atoms with Crippen LogP contribution in [0.25, 0.3) is 0 Å². The molecule has 2 aromatic heterocycles. The molecule has 0 aliphatic rings. The number of carbonyl (C=O) groups is 2. The van der Waals surface area contributed by atoms with E-state index in [-0.39, 0.29) is 23.7 Å². The molecule has 0 saturated heterocycles. The first-order chi connectivity index (χ1) is 16.1. The molecule has 0 fully saturated rings. The van der Waals surface area contributed by atoms with Crippen molar-refractivity contribution in [3.63, 3.8) is 0 Å². The third-order valence-corrected chi connectivity index (χ3v) is 7.01. The normalized spacial score (nSPS) is 12.4. The summed E-state index contributed by atoms with van der Waals surface area (Å²) >= 11 is 2.97. The molecule has 3 aromatic rings. The van der Waals surface area contributed by atoms with Gasteiger partial charge in [0.05, 0.1) is 34.9 Å². The van der Waals surface area contributed by atoms with Crippen LogP contribution < -0.4 is 10.1 Å². The Kier molecular flexibility index (Phi) is 8.73. The molecule has 0 bridgehead atoms. The predicted molar refractivity (Wildman–Crippen MR) is 133 cm³/mol. The fourth-order valence-electron chi connectivity index (χ4n) is 2.87. The lowest BCUT2D eigenvalue weighted by Crippen LogP contribution is -2.18. The summed E-state index contributed by atoms with van der Waals surface area (Å²) in [6.07, 6.45) is 4.03. The molecule has 1 amide bonds. The van der Waals surface area contributed by atoms with E-state index < -0.39 is 5.97 Å². The number of hydrogen-bond donors (Lipinski definition) is 2. The number of anilines is 1. The van der Waals surface area contributed by atoms with Gasteiger partial charge in [-0.1, -0.05) is 44.2 Å². The minimum atomic E-state index is -0.839. The summed E-state index contributed by atoms with van der Waals surface area (Å²) < 4.78 is 12.3. The van der Waals surface area contributed by atoms with E-state index in [1.807, 2.05) is 19.1 Å². The van der Waals surface area contributed by atoms with Gasteiger partial charge in [-0.3, -0.25) is 9.59 Å². The van der Waals surface area contributed by atoms with Crippen molar-refractivity contribution >= 4 is 40.1 Å². The van der Waals surface area contributed by atoms with Gasteiger partial charge < -0.3 is 19.6 Å². The van der Waals surface area contributed by atoms with Crippen LogP contribution in [0.5, 0.6) is 5.75 Å². The highest BCUT2D eigenvalue weighted by atomic mass is 32.2. The number of nitrogens with zero attached hydrogens (tertiary/aromatic N) is 2. The number of aliphatic carboxylic acids is 1. The summed E-state index contributed by atoms with van der Waals surface area (Å²) in [5.41, 5.74) is 0.768. The van der Waals surface area contributed by atoms with Crippen LogP contribution in [-0.2, 0) is 20.8 Å². The van der Waals surface area contributed by atoms with E-state index in [0.29, 0.717) is 35.6 Å². The van der Waals surface area contributed by atoms with Crippen molar-refractivity contribution < 1.29 is 23.8 Å². The maximum Gasteiger partial charge on any atom is 0.303 e. The summed E-state index contributed by atoms with van der Waals surface area (Å²) in [4.78, 5) is 31.9. The Morgan fingerprint density at radius 3 is 2.59 bits per heavy atom. The van der Waals surface area contributed by atoms with Gasteiger partial charge in [-0.05, 0) is 31.0 Å². The molecule has 8 nitrogen and oxygen atoms in total. The van der Waals surface area contributed by atoms with Crippen LogP contribution in [0.3, 0.4) is 0 Å². The summed E-state index contributed by atoms with van der Waals surface area (Å²) in [5, 5.41) is 12.1. The molecule has 1 atom stereocenters. The topological polar surface area (TPSA) is 115 Å². The first kappa shape index (κ1) is 25.8. The second-order valence-electron chi connectivity index (χ2n) is 8.77. The van der Waals surface area contributed by atoms with Crippen molar-refractivity contribution in [1.82, 2.24) is 9.97 Å². The van der Waals surface area contributed by atoms with Crippen molar-refractivity contribution in [2.24, 2.45) is 0 Å². The van der Waals surface area contributed by atoms with Crippen molar-refractivity contribution in [1.29, 1.82) is 0 Å². The van der Waals surface area contributed by atoms with E-state index in [1.165, 1.54) is 11.3 Å². The number of oxazole rings is 1. The fraction of sp³-hybridized carbons (Fsp3) is 0.417. The summed E-state index contributed by atoms with van der Waals surface area (Å²) in [5.74, 6) is 1.39. The number of ether oxygens (including phenoxy) is 1. The third kappa shape index (κ3) is 7.59. The van der Waals surface area contributed by atoms with E-state index in [9.17, 15) is 9.59 Å². The smallest absolute Gasteiger partial charge is 0.303 e. The number of aromatic nitrogens is 2. The minimum absolute atomic E-state index is 0.0735. The summed E-state index contributed by atoms with van der Waals surface area (Å²) in [6.45, 7) is 8.40. The molecule has 0 radical (unpaired) electrons. The molecule has 2 N–H and O–H groups in total. The Labute approximate surface area is 207 Å². The standard InChI is InChI=1S/C24H29N3O5S2/c1-15(16-7-9-17(10-8-16)31-11-5-6-20(28)29)22(30)27-23-26-13-21(34-23)33-14-19-25-12-18(32-19)24(2,3)4/h7-10,12-13,15H,5-6,11,14H2,1-4H3,(H,28,29)(H,26,27,30). The zero-order chi connectivity index (χ0) is 24.7. The predicted octanol–water partition coefficient (Wildman–Crippen LogP) is 5.71. The highest BCUT2D eigenvalue weighted by Gasteiger charge is 2.20. The SMILES string of the molecule is CC(C(=O)Nc1ncc(SCc2ncc(C(C)(C)C)o2)s1)c1ccc(OCCCC(=O)O)cc1. The number of benzene rings is 1. The van der Waals surface area contributed by atoms with Crippen LogP contribution in [-0.4, -0.2) is 33.6 Å². The van der Waals surface area contributed by atoms with Crippen LogP contribution >= 0.6 is 23.1 Å². The number of carbonyl (C=O) groups excluding carboxylic acids is 1. The van der Waals surface area contributed by atoms with E-state index >= 15 is 0 Å². The van der Waals surface area contributed by atoms with Gasteiger partial charge in [-0.2, -0.15) is 0 Å². The Hall–Kier alpha value is -2.85. The lowest BCUT2D eigenvalue weighted by molar-refractivity contribution is -0.137. The number of hydrogen-bond acceptors (Lipinski definition) is 8. The number of thiazole rings is 1. The first-order valence-corrected chi connectivity index (χ1v) is 12.7. The van der Waals surface area contributed by atoms with Gasteiger partial charge in [0.25, 0.3) is 0 Å². The highest BCUT2D eigenvalue weighted by Crippen LogP contribution is 2.32. The maximum atomic E-state index is 12.7. The van der Waals surface area contributed by atoms with E-state index in [0.717, 1.165) is 15.5 Å². The molecule has 0 spiro atoms. The zero-order valence-corrected chi connectivity index (χ0v) is 21.3. The van der Waals surface area contributed by atoms with Crippen molar-refractivity contribution in [3.8, 4) is 5.75 Å². The van der Waals surface area contributed by atoms with Gasteiger partial charge in [-0.25, -0.2) is 9.97 Å². The molecule has 2 heterocycles. The number of carboxylic acid groups (broad SMARTS) is 1. The molecule has 182 valence electrons. The average molecular weight is 504 g/mol. The van der Waals surface area contributed by atoms with Gasteiger partial charge in [0.15, 0.2) is 5.13 Å².